The van der Waals surface area contributed by atoms with Crippen LogP contribution in [0.3, 0.4) is 0 Å². The molecule has 0 fully saturated rings. The summed E-state index contributed by atoms with van der Waals surface area (Å²) in [5.41, 5.74) is 2.49. The first-order chi connectivity index (χ1) is 11.7. The Labute approximate surface area is 155 Å². The van der Waals surface area contributed by atoms with Crippen molar-refractivity contribution in [3.8, 4) is 0 Å². The zero-order chi connectivity index (χ0) is 19.2. The Bertz CT molecular complexity index is 711. The molecule has 0 aromatic carbocycles. The lowest BCUT2D eigenvalue weighted by molar-refractivity contribution is -0.127. The van der Waals surface area contributed by atoms with Gasteiger partial charge in [-0.15, -0.1) is 0 Å². The van der Waals surface area contributed by atoms with Gasteiger partial charge in [0, 0.05) is 6.20 Å². The Kier molecular flexibility index (Phi) is 8.06. The summed E-state index contributed by atoms with van der Waals surface area (Å²) in [6, 6.07) is 2.43. The number of aromatic nitrogens is 3. The van der Waals surface area contributed by atoms with E-state index in [1.807, 2.05) is 26.8 Å². The number of halogens is 1. The molecule has 0 bridgehead atoms. The minimum absolute atomic E-state index is 0.419. The van der Waals surface area contributed by atoms with Gasteiger partial charge >= 0.3 is 0 Å². The summed E-state index contributed by atoms with van der Waals surface area (Å²) in [6.45, 7) is 10.7. The van der Waals surface area contributed by atoms with E-state index in [1.165, 1.54) is 20.3 Å². The van der Waals surface area contributed by atoms with Gasteiger partial charge in [-0.1, -0.05) is 44.0 Å². The summed E-state index contributed by atoms with van der Waals surface area (Å²) in [6.07, 6.45) is 7.94. The molecule has 1 aliphatic carbocycles. The highest BCUT2D eigenvalue weighted by Gasteiger charge is 2.19. The largest absolute Gasteiger partial charge is 0.366 e. The Hall–Kier alpha value is -1.43. The highest BCUT2D eigenvalue weighted by atomic mass is 35.5. The SMILES string of the molecule is CC.CC(C)(O)O.CCC1=CC(n2ccc3c(Cl)nc(C)nc32)CC1. The zero-order valence-corrected chi connectivity index (χ0v) is 16.8. The molecule has 2 aromatic rings. The minimum Gasteiger partial charge on any atom is -0.366 e. The average molecular weight is 368 g/mol. The van der Waals surface area contributed by atoms with Crippen molar-refractivity contribution in [3.63, 3.8) is 0 Å². The van der Waals surface area contributed by atoms with Crippen LogP contribution in [0.15, 0.2) is 23.9 Å². The molecule has 0 saturated heterocycles. The van der Waals surface area contributed by atoms with Crippen LogP contribution in [0.4, 0.5) is 0 Å². The summed E-state index contributed by atoms with van der Waals surface area (Å²) >= 11 is 6.16. The van der Waals surface area contributed by atoms with E-state index in [-0.39, 0.29) is 0 Å². The Balaban J connectivity index is 0.000000388. The van der Waals surface area contributed by atoms with Crippen molar-refractivity contribution in [1.82, 2.24) is 14.5 Å². The minimum atomic E-state index is -1.50. The van der Waals surface area contributed by atoms with E-state index in [2.05, 4.69) is 33.7 Å². The smallest absolute Gasteiger partial charge is 0.156 e. The Morgan fingerprint density at radius 2 is 1.88 bits per heavy atom. The number of hydrogen-bond acceptors (Lipinski definition) is 4. The molecule has 0 saturated carbocycles. The van der Waals surface area contributed by atoms with Crippen molar-refractivity contribution in [2.45, 2.75) is 72.6 Å². The molecule has 0 spiro atoms. The molecule has 6 heteroatoms. The molecule has 3 rings (SSSR count). The number of aliphatic hydroxyl groups is 2. The van der Waals surface area contributed by atoms with E-state index in [4.69, 9.17) is 21.8 Å². The van der Waals surface area contributed by atoms with Crippen LogP contribution in [0.1, 0.15) is 65.7 Å². The molecular formula is C19H30ClN3O2. The predicted octanol–water partition coefficient (Wildman–Crippen LogP) is 4.80. The van der Waals surface area contributed by atoms with Crippen molar-refractivity contribution < 1.29 is 10.2 Å². The summed E-state index contributed by atoms with van der Waals surface area (Å²) in [7, 11) is 0. The van der Waals surface area contributed by atoms with Crippen LogP contribution < -0.4 is 0 Å². The van der Waals surface area contributed by atoms with E-state index in [0.29, 0.717) is 11.2 Å². The van der Waals surface area contributed by atoms with Crippen LogP contribution in [-0.4, -0.2) is 30.5 Å². The van der Waals surface area contributed by atoms with Crippen LogP contribution in [-0.2, 0) is 0 Å². The monoisotopic (exact) mass is 367 g/mol. The lowest BCUT2D eigenvalue weighted by atomic mass is 10.2. The van der Waals surface area contributed by atoms with Crippen LogP contribution in [0.2, 0.25) is 5.15 Å². The normalized spacial score (nSPS) is 16.7. The van der Waals surface area contributed by atoms with E-state index in [0.717, 1.165) is 29.7 Å². The third-order valence-electron chi connectivity index (χ3n) is 3.64. The van der Waals surface area contributed by atoms with Gasteiger partial charge in [0.05, 0.1) is 11.4 Å². The fraction of sp³-hybridized carbons (Fsp3) is 0.579. The highest BCUT2D eigenvalue weighted by Crippen LogP contribution is 2.33. The van der Waals surface area contributed by atoms with Gasteiger partial charge in [0.2, 0.25) is 0 Å². The van der Waals surface area contributed by atoms with Gasteiger partial charge in [0.15, 0.2) is 5.79 Å². The van der Waals surface area contributed by atoms with Crippen LogP contribution in [0.5, 0.6) is 0 Å². The molecule has 1 unspecified atom stereocenters. The highest BCUT2D eigenvalue weighted by molar-refractivity contribution is 6.33. The second-order valence-electron chi connectivity index (χ2n) is 6.30. The Morgan fingerprint density at radius 1 is 1.28 bits per heavy atom. The molecule has 2 aromatic heterocycles. The number of nitrogens with zero attached hydrogens (tertiary/aromatic N) is 3. The van der Waals surface area contributed by atoms with Crippen LogP contribution in [0, 0.1) is 6.92 Å². The molecule has 2 heterocycles. The third-order valence-corrected chi connectivity index (χ3v) is 3.93. The molecule has 1 aliphatic rings. The van der Waals surface area contributed by atoms with Crippen molar-refractivity contribution in [1.29, 1.82) is 0 Å². The van der Waals surface area contributed by atoms with Gasteiger partial charge in [-0.2, -0.15) is 0 Å². The molecule has 0 radical (unpaired) electrons. The fourth-order valence-corrected chi connectivity index (χ4v) is 2.92. The molecule has 0 aliphatic heterocycles. The summed E-state index contributed by atoms with van der Waals surface area (Å²) in [4.78, 5) is 8.73. The molecule has 5 nitrogen and oxygen atoms in total. The number of aryl methyl sites for hydroxylation is 1. The summed E-state index contributed by atoms with van der Waals surface area (Å²) in [5.74, 6) is -0.773. The third kappa shape index (κ3) is 6.42. The van der Waals surface area contributed by atoms with E-state index < -0.39 is 5.79 Å². The lowest BCUT2D eigenvalue weighted by Gasteiger charge is -2.11. The van der Waals surface area contributed by atoms with E-state index >= 15 is 0 Å². The first-order valence-electron chi connectivity index (χ1n) is 8.84. The van der Waals surface area contributed by atoms with Crippen molar-refractivity contribution in [3.05, 3.63) is 34.9 Å². The standard InChI is InChI=1S/C14H16ClN3.C3H8O2.C2H6/c1-3-10-4-5-11(8-10)18-7-6-12-13(15)16-9(2)17-14(12)18;1-3(2,4)5;1-2/h6-8,11H,3-5H2,1-2H3;4-5H,1-2H3;1-2H3. The van der Waals surface area contributed by atoms with Gasteiger partial charge in [0.25, 0.3) is 0 Å². The molecule has 2 N–H and O–H groups in total. The molecular weight excluding hydrogens is 338 g/mol. The fourth-order valence-electron chi connectivity index (χ4n) is 2.65. The van der Waals surface area contributed by atoms with Crippen molar-refractivity contribution in [2.24, 2.45) is 0 Å². The first-order valence-corrected chi connectivity index (χ1v) is 9.22. The molecule has 25 heavy (non-hydrogen) atoms. The first kappa shape index (κ1) is 21.6. The Morgan fingerprint density at radius 3 is 2.40 bits per heavy atom. The molecule has 0 amide bonds. The van der Waals surface area contributed by atoms with E-state index in [9.17, 15) is 0 Å². The van der Waals surface area contributed by atoms with Gasteiger partial charge in [0.1, 0.15) is 16.6 Å². The number of fused-ring (bicyclic) bond motifs is 1. The number of rotatable bonds is 2. The number of hydrogen-bond donors (Lipinski definition) is 2. The van der Waals surface area contributed by atoms with Gasteiger partial charge in [-0.25, -0.2) is 9.97 Å². The average Bonchev–Trinajstić information content (AvgIpc) is 3.13. The van der Waals surface area contributed by atoms with Crippen LogP contribution in [0.25, 0.3) is 11.0 Å². The molecule has 140 valence electrons. The quantitative estimate of drug-likeness (QED) is 0.454. The van der Waals surface area contributed by atoms with Gasteiger partial charge in [-0.05, 0) is 46.1 Å². The topological polar surface area (TPSA) is 71.2 Å². The molecule has 1 atom stereocenters. The summed E-state index contributed by atoms with van der Waals surface area (Å²) < 4.78 is 2.22. The number of allylic oxidation sites excluding steroid dienone is 2. The van der Waals surface area contributed by atoms with Gasteiger partial charge in [-0.3, -0.25) is 0 Å². The maximum Gasteiger partial charge on any atom is 0.156 e. The maximum atomic E-state index is 8.08. The predicted molar refractivity (Wildman–Crippen MR) is 104 cm³/mol. The maximum absolute atomic E-state index is 8.08. The van der Waals surface area contributed by atoms with E-state index in [1.54, 1.807) is 5.57 Å². The second-order valence-corrected chi connectivity index (χ2v) is 6.66. The van der Waals surface area contributed by atoms with Crippen molar-refractivity contribution >= 4 is 22.6 Å². The van der Waals surface area contributed by atoms with Crippen molar-refractivity contribution in [2.75, 3.05) is 0 Å². The van der Waals surface area contributed by atoms with Gasteiger partial charge < -0.3 is 14.8 Å². The second kappa shape index (κ2) is 9.32. The van der Waals surface area contributed by atoms with Crippen LogP contribution >= 0.6 is 11.6 Å². The summed E-state index contributed by atoms with van der Waals surface area (Å²) in [5, 5.41) is 17.6. The lowest BCUT2D eigenvalue weighted by Crippen LogP contribution is -2.15. The zero-order valence-electron chi connectivity index (χ0n) is 16.0.